The van der Waals surface area contributed by atoms with Gasteiger partial charge in [0.15, 0.2) is 0 Å². The molecular formula is C19H25N5O3. The molecule has 8 nitrogen and oxygen atoms in total. The van der Waals surface area contributed by atoms with Crippen LogP contribution in [0.3, 0.4) is 0 Å². The first-order valence-corrected chi connectivity index (χ1v) is 9.17. The van der Waals surface area contributed by atoms with Gasteiger partial charge >= 0.3 is 0 Å². The number of aromatic nitrogens is 4. The molecule has 1 amide bonds. The van der Waals surface area contributed by atoms with Gasteiger partial charge in [0.2, 0.25) is 0 Å². The van der Waals surface area contributed by atoms with E-state index >= 15 is 0 Å². The summed E-state index contributed by atoms with van der Waals surface area (Å²) in [5, 5.41) is 4.52. The third-order valence-electron chi connectivity index (χ3n) is 4.87. The fourth-order valence-corrected chi connectivity index (χ4v) is 3.19. The topological polar surface area (TPSA) is 101 Å². The number of hydrogen-bond donors (Lipinski definition) is 1. The lowest BCUT2D eigenvalue weighted by Crippen LogP contribution is -2.41. The van der Waals surface area contributed by atoms with Crippen molar-refractivity contribution >= 4 is 5.91 Å². The van der Waals surface area contributed by atoms with Crippen LogP contribution in [-0.4, -0.2) is 43.6 Å². The highest BCUT2D eigenvalue weighted by atomic mass is 16.2. The lowest BCUT2D eigenvalue weighted by Gasteiger charge is -2.32. The number of rotatable bonds is 3. The van der Waals surface area contributed by atoms with Crippen molar-refractivity contribution in [1.82, 2.24) is 24.6 Å². The number of carbonyl (C=O) groups is 1. The summed E-state index contributed by atoms with van der Waals surface area (Å²) in [7, 11) is 0. The molecule has 144 valence electrons. The number of aromatic amines is 1. The normalized spacial score (nSPS) is 15.7. The molecule has 3 heterocycles. The van der Waals surface area contributed by atoms with Gasteiger partial charge in [0.1, 0.15) is 5.69 Å². The quantitative estimate of drug-likeness (QED) is 0.873. The maximum absolute atomic E-state index is 12.5. The molecule has 1 saturated heterocycles. The predicted molar refractivity (Wildman–Crippen MR) is 101 cm³/mol. The van der Waals surface area contributed by atoms with E-state index in [9.17, 15) is 14.4 Å². The lowest BCUT2D eigenvalue weighted by atomic mass is 9.92. The highest BCUT2D eigenvalue weighted by Gasteiger charge is 2.25. The van der Waals surface area contributed by atoms with Crippen LogP contribution in [0.1, 0.15) is 49.8 Å². The molecule has 2 aromatic heterocycles. The van der Waals surface area contributed by atoms with Crippen LogP contribution >= 0.6 is 0 Å². The summed E-state index contributed by atoms with van der Waals surface area (Å²) in [6, 6.07) is 4.58. The second-order valence-corrected chi connectivity index (χ2v) is 8.02. The molecule has 0 aromatic carbocycles. The van der Waals surface area contributed by atoms with Gasteiger partial charge in [0.05, 0.1) is 12.0 Å². The first-order chi connectivity index (χ1) is 12.7. The van der Waals surface area contributed by atoms with Crippen molar-refractivity contribution < 1.29 is 4.79 Å². The number of amides is 1. The average molecular weight is 371 g/mol. The van der Waals surface area contributed by atoms with Gasteiger partial charge < -0.3 is 9.88 Å². The zero-order valence-corrected chi connectivity index (χ0v) is 15.9. The molecule has 27 heavy (non-hydrogen) atoms. The standard InChI is InChI=1S/C19H25N5O3/c1-19(2,3)15-4-5-17(26)24(22-15)11-13-6-8-23(9-7-13)18(27)14-10-16(25)21-12-20-14/h4-5,10,12-13H,6-9,11H2,1-3H3,(H,20,21,25). The van der Waals surface area contributed by atoms with Crippen LogP contribution in [0.2, 0.25) is 0 Å². The molecule has 0 aliphatic carbocycles. The summed E-state index contributed by atoms with van der Waals surface area (Å²) < 4.78 is 1.54. The Morgan fingerprint density at radius 2 is 1.93 bits per heavy atom. The van der Waals surface area contributed by atoms with Gasteiger partial charge in [0, 0.05) is 37.2 Å². The zero-order valence-electron chi connectivity index (χ0n) is 15.9. The van der Waals surface area contributed by atoms with E-state index in [1.54, 1.807) is 21.7 Å². The van der Waals surface area contributed by atoms with E-state index in [4.69, 9.17) is 0 Å². The van der Waals surface area contributed by atoms with Crippen LogP contribution in [0.25, 0.3) is 0 Å². The van der Waals surface area contributed by atoms with E-state index in [0.717, 1.165) is 18.5 Å². The summed E-state index contributed by atoms with van der Waals surface area (Å²) >= 11 is 0. The highest BCUT2D eigenvalue weighted by molar-refractivity contribution is 5.92. The molecule has 0 saturated carbocycles. The van der Waals surface area contributed by atoms with Crippen molar-refractivity contribution in [3.63, 3.8) is 0 Å². The van der Waals surface area contributed by atoms with Crippen LogP contribution in [-0.2, 0) is 12.0 Å². The van der Waals surface area contributed by atoms with Crippen LogP contribution in [0.4, 0.5) is 0 Å². The summed E-state index contributed by atoms with van der Waals surface area (Å²) in [5.41, 5.74) is 0.482. The smallest absolute Gasteiger partial charge is 0.272 e. The van der Waals surface area contributed by atoms with E-state index < -0.39 is 0 Å². The Balaban J connectivity index is 1.64. The molecule has 2 aromatic rings. The molecule has 1 fully saturated rings. The predicted octanol–water partition coefficient (Wildman–Crippen LogP) is 1.18. The Bertz CT molecular complexity index is 933. The van der Waals surface area contributed by atoms with Gasteiger partial charge in [-0.3, -0.25) is 14.4 Å². The molecule has 0 radical (unpaired) electrons. The molecule has 1 aliphatic rings. The van der Waals surface area contributed by atoms with Gasteiger partial charge in [-0.15, -0.1) is 0 Å². The molecule has 1 N–H and O–H groups in total. The van der Waals surface area contributed by atoms with Gasteiger partial charge in [-0.1, -0.05) is 20.8 Å². The van der Waals surface area contributed by atoms with E-state index in [1.807, 2.05) is 0 Å². The Kier molecular flexibility index (Phi) is 5.25. The number of nitrogens with zero attached hydrogens (tertiary/aromatic N) is 4. The summed E-state index contributed by atoms with van der Waals surface area (Å²) in [6.07, 6.45) is 2.80. The van der Waals surface area contributed by atoms with Crippen LogP contribution in [0.15, 0.2) is 34.1 Å². The van der Waals surface area contributed by atoms with Crippen molar-refractivity contribution in [3.8, 4) is 0 Å². The number of H-pyrrole nitrogens is 1. The van der Waals surface area contributed by atoms with Gasteiger partial charge in [0.25, 0.3) is 17.0 Å². The third kappa shape index (κ3) is 4.50. The Hall–Kier alpha value is -2.77. The average Bonchev–Trinajstić information content (AvgIpc) is 2.62. The molecular weight excluding hydrogens is 346 g/mol. The van der Waals surface area contributed by atoms with E-state index in [-0.39, 0.29) is 34.1 Å². The van der Waals surface area contributed by atoms with Gasteiger partial charge in [-0.25, -0.2) is 9.67 Å². The Morgan fingerprint density at radius 1 is 1.22 bits per heavy atom. The first-order valence-electron chi connectivity index (χ1n) is 9.17. The highest BCUT2D eigenvalue weighted by Crippen LogP contribution is 2.21. The van der Waals surface area contributed by atoms with Gasteiger partial charge in [-0.05, 0) is 24.8 Å². The van der Waals surface area contributed by atoms with Crippen molar-refractivity contribution in [3.05, 3.63) is 56.6 Å². The minimum atomic E-state index is -0.340. The largest absolute Gasteiger partial charge is 0.337 e. The fraction of sp³-hybridized carbons (Fsp3) is 0.526. The SMILES string of the molecule is CC(C)(C)c1ccc(=O)n(CC2CCN(C(=O)c3cc(=O)[nH]cn3)CC2)n1. The van der Waals surface area contributed by atoms with E-state index in [1.165, 1.54) is 12.4 Å². The minimum absolute atomic E-state index is 0.103. The lowest BCUT2D eigenvalue weighted by molar-refractivity contribution is 0.0674. The van der Waals surface area contributed by atoms with Crippen LogP contribution < -0.4 is 11.1 Å². The second kappa shape index (κ2) is 7.46. The number of likely N-dealkylation sites (tertiary alicyclic amines) is 1. The van der Waals surface area contributed by atoms with Crippen molar-refractivity contribution in [2.45, 2.75) is 45.6 Å². The van der Waals surface area contributed by atoms with Gasteiger partial charge in [-0.2, -0.15) is 5.10 Å². The summed E-state index contributed by atoms with van der Waals surface area (Å²) in [6.45, 7) is 7.90. The molecule has 8 heteroatoms. The molecule has 3 rings (SSSR count). The molecule has 1 aliphatic heterocycles. The molecule has 0 unspecified atom stereocenters. The third-order valence-corrected chi connectivity index (χ3v) is 4.87. The molecule has 0 bridgehead atoms. The minimum Gasteiger partial charge on any atom is -0.337 e. The molecule has 0 spiro atoms. The fourth-order valence-electron chi connectivity index (χ4n) is 3.19. The monoisotopic (exact) mass is 371 g/mol. The van der Waals surface area contributed by atoms with E-state index in [0.29, 0.717) is 19.6 Å². The van der Waals surface area contributed by atoms with Crippen molar-refractivity contribution in [2.75, 3.05) is 13.1 Å². The maximum Gasteiger partial charge on any atom is 0.272 e. The Morgan fingerprint density at radius 3 is 2.56 bits per heavy atom. The molecule has 0 atom stereocenters. The number of hydrogen-bond acceptors (Lipinski definition) is 5. The Labute approximate surface area is 157 Å². The number of piperidine rings is 1. The maximum atomic E-state index is 12.5. The van der Waals surface area contributed by atoms with Crippen molar-refractivity contribution in [2.24, 2.45) is 5.92 Å². The van der Waals surface area contributed by atoms with Crippen LogP contribution in [0.5, 0.6) is 0 Å². The summed E-state index contributed by atoms with van der Waals surface area (Å²) in [4.78, 5) is 44.0. The number of carbonyl (C=O) groups excluding carboxylic acids is 1. The first kappa shape index (κ1) is 19.0. The second-order valence-electron chi connectivity index (χ2n) is 8.02. The van der Waals surface area contributed by atoms with Crippen molar-refractivity contribution in [1.29, 1.82) is 0 Å². The van der Waals surface area contributed by atoms with Crippen LogP contribution in [0, 0.1) is 5.92 Å². The summed E-state index contributed by atoms with van der Waals surface area (Å²) in [5.74, 6) is 0.0474. The zero-order chi connectivity index (χ0) is 19.6. The number of nitrogens with one attached hydrogen (secondary N) is 1. The van der Waals surface area contributed by atoms with E-state index in [2.05, 4.69) is 35.8 Å².